The molecule has 6 nitrogen and oxygen atoms in total. The van der Waals surface area contributed by atoms with Gasteiger partial charge in [0, 0.05) is 36.8 Å². The zero-order valence-electron chi connectivity index (χ0n) is 15.1. The van der Waals surface area contributed by atoms with E-state index in [0.29, 0.717) is 12.3 Å². The highest BCUT2D eigenvalue weighted by Gasteiger charge is 2.41. The van der Waals surface area contributed by atoms with E-state index in [1.165, 1.54) is 12.1 Å². The van der Waals surface area contributed by atoms with E-state index in [-0.39, 0.29) is 30.1 Å². The Morgan fingerprint density at radius 2 is 2.07 bits per heavy atom. The normalized spacial score (nSPS) is 21.2. The minimum absolute atomic E-state index is 0. The molecule has 0 aliphatic carbocycles. The van der Waals surface area contributed by atoms with Gasteiger partial charge in [0.25, 0.3) is 0 Å². The summed E-state index contributed by atoms with van der Waals surface area (Å²) in [4.78, 5) is 2.29. The summed E-state index contributed by atoms with van der Waals surface area (Å²) in [7, 11) is 0. The van der Waals surface area contributed by atoms with Gasteiger partial charge in [0.15, 0.2) is 0 Å². The molecule has 1 aromatic carbocycles. The second-order valence-corrected chi connectivity index (χ2v) is 7.07. The summed E-state index contributed by atoms with van der Waals surface area (Å²) >= 11 is 0. The van der Waals surface area contributed by atoms with Crippen molar-refractivity contribution in [2.24, 2.45) is 0 Å². The van der Waals surface area contributed by atoms with Crippen LogP contribution in [0.4, 0.5) is 8.78 Å². The highest BCUT2D eigenvalue weighted by Crippen LogP contribution is 2.35. The maximum atomic E-state index is 14.2. The second-order valence-electron chi connectivity index (χ2n) is 7.07. The van der Waals surface area contributed by atoms with Gasteiger partial charge in [-0.3, -0.25) is 4.90 Å². The number of hydrogen-bond donors (Lipinski definition) is 0. The molecule has 3 aromatic rings. The van der Waals surface area contributed by atoms with Crippen LogP contribution < -0.4 is 0 Å². The van der Waals surface area contributed by atoms with Gasteiger partial charge in [0.05, 0.1) is 30.7 Å². The van der Waals surface area contributed by atoms with E-state index in [1.54, 1.807) is 6.26 Å². The first-order valence-corrected chi connectivity index (χ1v) is 8.86. The number of rotatable bonds is 3. The lowest BCUT2D eigenvalue weighted by atomic mass is 10.1. The summed E-state index contributed by atoms with van der Waals surface area (Å²) in [5.41, 5.74) is 2.53. The maximum absolute atomic E-state index is 14.2. The molecular weight excluding hydrogens is 390 g/mol. The van der Waals surface area contributed by atoms with Crippen molar-refractivity contribution < 1.29 is 17.9 Å². The van der Waals surface area contributed by atoms with Gasteiger partial charge in [-0.25, -0.2) is 13.5 Å². The Balaban J connectivity index is 0.00000192. The lowest BCUT2D eigenvalue weighted by molar-refractivity contribution is -0.00495. The highest BCUT2D eigenvalue weighted by molar-refractivity contribution is 5.85. The molecule has 5 rings (SSSR count). The zero-order chi connectivity index (χ0) is 18.5. The third-order valence-corrected chi connectivity index (χ3v) is 5.40. The molecule has 0 unspecified atom stereocenters. The van der Waals surface area contributed by atoms with Crippen molar-refractivity contribution >= 4 is 12.4 Å². The van der Waals surface area contributed by atoms with Crippen LogP contribution >= 0.6 is 12.4 Å². The van der Waals surface area contributed by atoms with Gasteiger partial charge >= 0.3 is 0 Å². The van der Waals surface area contributed by atoms with Crippen LogP contribution in [0.25, 0.3) is 11.3 Å². The van der Waals surface area contributed by atoms with Crippen LogP contribution in [0.1, 0.15) is 23.1 Å². The molecule has 0 radical (unpaired) electrons. The number of furan rings is 1. The van der Waals surface area contributed by atoms with Gasteiger partial charge in [-0.05, 0) is 25.1 Å². The average molecular weight is 409 g/mol. The molecule has 148 valence electrons. The largest absolute Gasteiger partial charge is 0.469 e. The van der Waals surface area contributed by atoms with Gasteiger partial charge < -0.3 is 9.15 Å². The lowest BCUT2D eigenvalue weighted by Crippen LogP contribution is -2.32. The topological polar surface area (TPSA) is 56.3 Å². The quantitative estimate of drug-likeness (QED) is 0.664. The zero-order valence-corrected chi connectivity index (χ0v) is 16.0. The first-order valence-electron chi connectivity index (χ1n) is 8.86. The highest BCUT2D eigenvalue weighted by atomic mass is 35.5. The summed E-state index contributed by atoms with van der Waals surface area (Å²) in [5.74, 6) is -0.347. The van der Waals surface area contributed by atoms with E-state index >= 15 is 0 Å². The van der Waals surface area contributed by atoms with Crippen LogP contribution in [0.2, 0.25) is 0 Å². The maximum Gasteiger partial charge on any atom is 0.135 e. The Bertz CT molecular complexity index is 1010. The van der Waals surface area contributed by atoms with E-state index in [0.717, 1.165) is 42.7 Å². The Labute approximate surface area is 166 Å². The fourth-order valence-electron chi connectivity index (χ4n) is 3.97. The number of likely N-dealkylation sites (tertiary alicyclic amines) is 1. The summed E-state index contributed by atoms with van der Waals surface area (Å²) in [5, 5.41) is 8.44. The molecule has 0 amide bonds. The van der Waals surface area contributed by atoms with Crippen molar-refractivity contribution in [1.29, 1.82) is 0 Å². The number of ether oxygens (including phenoxy) is 1. The molecule has 0 saturated carbocycles. The predicted molar refractivity (Wildman–Crippen MR) is 99.0 cm³/mol. The van der Waals surface area contributed by atoms with E-state index in [2.05, 4.69) is 15.2 Å². The monoisotopic (exact) mass is 408 g/mol. The summed E-state index contributed by atoms with van der Waals surface area (Å²) < 4.78 is 40.6. The third-order valence-electron chi connectivity index (χ3n) is 5.40. The van der Waals surface area contributed by atoms with Crippen molar-refractivity contribution in [1.82, 2.24) is 19.9 Å². The first-order chi connectivity index (χ1) is 13.1. The minimum atomic E-state index is -0.649. The summed E-state index contributed by atoms with van der Waals surface area (Å²) in [6.07, 6.45) is 1.71. The number of aromatic nitrogens is 3. The van der Waals surface area contributed by atoms with Gasteiger partial charge in [-0.15, -0.1) is 17.5 Å². The van der Waals surface area contributed by atoms with E-state index in [9.17, 15) is 8.78 Å². The Kier molecular flexibility index (Phi) is 4.95. The van der Waals surface area contributed by atoms with Crippen LogP contribution in [0, 0.1) is 18.6 Å². The van der Waals surface area contributed by atoms with E-state index in [1.807, 2.05) is 17.7 Å². The average Bonchev–Trinajstić information content (AvgIpc) is 3.33. The number of aryl methyl sites for hydroxylation is 1. The summed E-state index contributed by atoms with van der Waals surface area (Å²) in [6, 6.07) is 5.48. The van der Waals surface area contributed by atoms with Gasteiger partial charge in [0.1, 0.15) is 23.1 Å². The first kappa shape index (κ1) is 19.0. The molecule has 1 saturated heterocycles. The predicted octanol–water partition coefficient (Wildman–Crippen LogP) is 3.50. The molecule has 2 aromatic heterocycles. The second kappa shape index (κ2) is 7.27. The van der Waals surface area contributed by atoms with Crippen LogP contribution in [0.5, 0.6) is 0 Å². The van der Waals surface area contributed by atoms with Gasteiger partial charge in [-0.2, -0.15) is 0 Å². The third kappa shape index (κ3) is 3.11. The Morgan fingerprint density at radius 1 is 1.21 bits per heavy atom. The van der Waals surface area contributed by atoms with Crippen molar-refractivity contribution in [3.05, 3.63) is 59.2 Å². The number of benzene rings is 1. The molecule has 2 aliphatic rings. The van der Waals surface area contributed by atoms with Crippen molar-refractivity contribution in [3.63, 3.8) is 0 Å². The van der Waals surface area contributed by atoms with Crippen LogP contribution in [-0.4, -0.2) is 39.1 Å². The fraction of sp³-hybridized carbons (Fsp3) is 0.368. The number of nitrogens with zero attached hydrogens (tertiary/aromatic N) is 4. The van der Waals surface area contributed by atoms with E-state index < -0.39 is 11.6 Å². The number of halogens is 3. The van der Waals surface area contributed by atoms with Crippen molar-refractivity contribution in [3.8, 4) is 11.3 Å². The number of fused-ring (bicyclic) bond motifs is 3. The molecule has 28 heavy (non-hydrogen) atoms. The summed E-state index contributed by atoms with van der Waals surface area (Å²) in [6.45, 7) is 4.58. The lowest BCUT2D eigenvalue weighted by Gasteiger charge is -2.26. The molecule has 9 heteroatoms. The van der Waals surface area contributed by atoms with Gasteiger partial charge in [-0.1, -0.05) is 5.21 Å². The SMILES string of the molecule is Cc1occc1CN1C[C@@H]2OCc3c(-c4ccc(F)cc4F)nnn3[C@H]2C1.Cl. The van der Waals surface area contributed by atoms with Crippen LogP contribution in [-0.2, 0) is 17.9 Å². The molecule has 0 bridgehead atoms. The molecule has 4 heterocycles. The molecule has 1 fully saturated rings. The minimum Gasteiger partial charge on any atom is -0.469 e. The van der Waals surface area contributed by atoms with Crippen molar-refractivity contribution in [2.75, 3.05) is 13.1 Å². The van der Waals surface area contributed by atoms with Crippen LogP contribution in [0.15, 0.2) is 34.9 Å². The molecule has 2 aliphatic heterocycles. The molecular formula is C19H19ClF2N4O2. The molecule has 0 N–H and O–H groups in total. The number of hydrogen-bond acceptors (Lipinski definition) is 5. The van der Waals surface area contributed by atoms with E-state index in [4.69, 9.17) is 9.15 Å². The van der Waals surface area contributed by atoms with Crippen molar-refractivity contribution in [2.45, 2.75) is 32.2 Å². The van der Waals surface area contributed by atoms with Gasteiger partial charge in [0.2, 0.25) is 0 Å². The molecule has 0 spiro atoms. The molecule has 2 atom stereocenters. The standard InChI is InChI=1S/C19H18F2N4O2.ClH/c1-11-12(4-5-26-11)7-24-8-16-18(9-24)27-10-17-19(22-23-25(16)17)14-3-2-13(20)6-15(14)21;/h2-6,16,18H,7-10H2,1H3;1H/t16-,18-;/m0./s1. The Morgan fingerprint density at radius 3 is 2.82 bits per heavy atom. The van der Waals surface area contributed by atoms with Crippen LogP contribution in [0.3, 0.4) is 0 Å². The smallest absolute Gasteiger partial charge is 0.135 e. The fourth-order valence-corrected chi connectivity index (χ4v) is 3.97. The Hall–Kier alpha value is -2.29.